The van der Waals surface area contributed by atoms with E-state index in [1.54, 1.807) is 6.08 Å². The number of piperazine rings is 1. The average Bonchev–Trinajstić information content (AvgIpc) is 3.31. The van der Waals surface area contributed by atoms with Gasteiger partial charge in [-0.1, -0.05) is 0 Å². The van der Waals surface area contributed by atoms with E-state index in [4.69, 9.17) is 15.1 Å². The van der Waals surface area contributed by atoms with Crippen molar-refractivity contribution in [3.05, 3.63) is 36.4 Å². The second-order valence-electron chi connectivity index (χ2n) is 7.17. The summed E-state index contributed by atoms with van der Waals surface area (Å²) in [5, 5.41) is 15.0. The van der Waals surface area contributed by atoms with Crippen LogP contribution in [0.1, 0.15) is 25.7 Å². The number of carbonyl (C=O) groups excluding carboxylic acids is 1. The maximum Gasteiger partial charge on any atom is 0.239 e. The number of ether oxygens (including phenoxy) is 1. The topological polar surface area (TPSA) is 114 Å². The molecule has 0 saturated carbocycles. The van der Waals surface area contributed by atoms with Crippen LogP contribution in [0.4, 0.5) is 0 Å². The summed E-state index contributed by atoms with van der Waals surface area (Å²) < 4.78 is 9.68. The number of allylic oxidation sites excluding steroid dienone is 2. The van der Waals surface area contributed by atoms with E-state index in [0.29, 0.717) is 54.9 Å². The standard InChI is InChI=1S/C19H24N8O2/c1-13(2)27-19(22-12-23-27)15-10-26-7-8-29-16(14(9-20)18(26)24-15)3-5-25-6-4-21-17(28)11-25/h3,5,9-10,12-13,20H,4,6-8,11H2,1-2H3,(H,21,28). The fourth-order valence-electron chi connectivity index (χ4n) is 3.39. The second-order valence-corrected chi connectivity index (χ2v) is 7.17. The molecule has 0 spiro atoms. The number of imidazole rings is 1. The molecule has 0 aromatic carbocycles. The summed E-state index contributed by atoms with van der Waals surface area (Å²) in [6, 6.07) is 0.162. The van der Waals surface area contributed by atoms with Crippen molar-refractivity contribution in [2.45, 2.75) is 26.4 Å². The van der Waals surface area contributed by atoms with E-state index in [0.717, 1.165) is 6.54 Å². The lowest BCUT2D eigenvalue weighted by atomic mass is 10.2. The Kier molecular flexibility index (Phi) is 5.15. The van der Waals surface area contributed by atoms with Gasteiger partial charge in [0.05, 0.1) is 18.7 Å². The molecule has 2 aromatic heterocycles. The number of nitrogens with zero attached hydrogens (tertiary/aromatic N) is 6. The first-order valence-corrected chi connectivity index (χ1v) is 9.60. The molecule has 10 nitrogen and oxygen atoms in total. The van der Waals surface area contributed by atoms with Crippen molar-refractivity contribution < 1.29 is 9.53 Å². The lowest BCUT2D eigenvalue weighted by Crippen LogP contribution is -2.45. The number of nitrogens with one attached hydrogen (secondary N) is 2. The van der Waals surface area contributed by atoms with E-state index >= 15 is 0 Å². The van der Waals surface area contributed by atoms with Crippen LogP contribution >= 0.6 is 0 Å². The van der Waals surface area contributed by atoms with E-state index < -0.39 is 0 Å². The highest BCUT2D eigenvalue weighted by atomic mass is 16.5. The molecule has 2 aliphatic rings. The van der Waals surface area contributed by atoms with Crippen molar-refractivity contribution in [3.63, 3.8) is 0 Å². The van der Waals surface area contributed by atoms with Crippen molar-refractivity contribution >= 4 is 17.7 Å². The van der Waals surface area contributed by atoms with Crippen LogP contribution in [-0.4, -0.2) is 67.6 Å². The van der Waals surface area contributed by atoms with Gasteiger partial charge in [-0.3, -0.25) is 4.79 Å². The summed E-state index contributed by atoms with van der Waals surface area (Å²) in [4.78, 5) is 22.6. The molecule has 1 fully saturated rings. The molecule has 4 heterocycles. The molecule has 2 aromatic rings. The first kappa shape index (κ1) is 18.9. The van der Waals surface area contributed by atoms with Crippen molar-refractivity contribution in [1.82, 2.24) is 34.5 Å². The zero-order valence-electron chi connectivity index (χ0n) is 16.5. The van der Waals surface area contributed by atoms with Crippen LogP contribution in [0.15, 0.2) is 30.6 Å². The summed E-state index contributed by atoms with van der Waals surface area (Å²) in [5.41, 5.74) is 1.30. The molecular formula is C19H24N8O2. The normalized spacial score (nSPS) is 17.3. The maximum atomic E-state index is 11.6. The second kappa shape index (κ2) is 7.90. The number of rotatable bonds is 5. The number of amides is 1. The molecule has 2 aliphatic heterocycles. The number of hydrogen-bond donors (Lipinski definition) is 2. The van der Waals surface area contributed by atoms with Gasteiger partial charge in [0.1, 0.15) is 30.2 Å². The summed E-state index contributed by atoms with van der Waals surface area (Å²) in [5.74, 6) is 1.91. The smallest absolute Gasteiger partial charge is 0.239 e. The predicted molar refractivity (Wildman–Crippen MR) is 107 cm³/mol. The van der Waals surface area contributed by atoms with Crippen molar-refractivity contribution in [3.8, 4) is 11.5 Å². The maximum absolute atomic E-state index is 11.6. The third-order valence-electron chi connectivity index (χ3n) is 4.81. The van der Waals surface area contributed by atoms with E-state index in [2.05, 4.69) is 15.4 Å². The first-order valence-electron chi connectivity index (χ1n) is 9.60. The van der Waals surface area contributed by atoms with Crippen LogP contribution < -0.4 is 5.32 Å². The quantitative estimate of drug-likeness (QED) is 0.731. The Hall–Kier alpha value is -3.43. The number of aromatic nitrogens is 5. The fraction of sp³-hybridized carbons (Fsp3) is 0.421. The monoisotopic (exact) mass is 396 g/mol. The van der Waals surface area contributed by atoms with Crippen LogP contribution in [0.2, 0.25) is 0 Å². The molecule has 0 bridgehead atoms. The van der Waals surface area contributed by atoms with E-state index in [9.17, 15) is 4.79 Å². The largest absolute Gasteiger partial charge is 0.491 e. The molecule has 29 heavy (non-hydrogen) atoms. The van der Waals surface area contributed by atoms with Gasteiger partial charge in [0.15, 0.2) is 5.82 Å². The van der Waals surface area contributed by atoms with Crippen LogP contribution in [0.5, 0.6) is 0 Å². The summed E-state index contributed by atoms with van der Waals surface area (Å²) in [6.07, 6.45) is 8.35. The van der Waals surface area contributed by atoms with Gasteiger partial charge in [0.2, 0.25) is 5.91 Å². The van der Waals surface area contributed by atoms with E-state index in [1.807, 2.05) is 40.4 Å². The third kappa shape index (κ3) is 3.78. The Morgan fingerprint density at radius 2 is 2.17 bits per heavy atom. The fourth-order valence-corrected chi connectivity index (χ4v) is 3.39. The van der Waals surface area contributed by atoms with E-state index in [1.165, 1.54) is 12.5 Å². The van der Waals surface area contributed by atoms with Gasteiger partial charge in [0.25, 0.3) is 0 Å². The summed E-state index contributed by atoms with van der Waals surface area (Å²) in [6.45, 7) is 6.81. The van der Waals surface area contributed by atoms with Gasteiger partial charge in [-0.2, -0.15) is 5.10 Å². The Balaban J connectivity index is 1.68. The zero-order chi connectivity index (χ0) is 20.4. The Morgan fingerprint density at radius 1 is 1.31 bits per heavy atom. The summed E-state index contributed by atoms with van der Waals surface area (Å²) >= 11 is 0. The minimum Gasteiger partial charge on any atom is -0.491 e. The Morgan fingerprint density at radius 3 is 2.93 bits per heavy atom. The molecule has 10 heteroatoms. The molecule has 0 atom stereocenters. The van der Waals surface area contributed by atoms with Crippen molar-refractivity contribution in [1.29, 1.82) is 5.41 Å². The number of carbonyl (C=O) groups is 1. The van der Waals surface area contributed by atoms with Crippen LogP contribution in [0.3, 0.4) is 0 Å². The van der Waals surface area contributed by atoms with Crippen LogP contribution in [0.25, 0.3) is 17.1 Å². The molecule has 0 radical (unpaired) electrons. The molecule has 2 N–H and O–H groups in total. The number of hydrogen-bond acceptors (Lipinski definition) is 7. The van der Waals surface area contributed by atoms with Gasteiger partial charge in [-0.15, -0.1) is 0 Å². The predicted octanol–water partition coefficient (Wildman–Crippen LogP) is 1.06. The van der Waals surface area contributed by atoms with E-state index in [-0.39, 0.29) is 11.9 Å². The highest BCUT2D eigenvalue weighted by Gasteiger charge is 2.22. The van der Waals surface area contributed by atoms with Crippen molar-refractivity contribution in [2.75, 3.05) is 26.2 Å². The molecule has 1 amide bonds. The van der Waals surface area contributed by atoms with Crippen LogP contribution in [-0.2, 0) is 16.1 Å². The summed E-state index contributed by atoms with van der Waals surface area (Å²) in [7, 11) is 0. The van der Waals surface area contributed by atoms with Gasteiger partial charge in [-0.05, 0) is 19.9 Å². The third-order valence-corrected chi connectivity index (χ3v) is 4.81. The molecule has 0 aliphatic carbocycles. The van der Waals surface area contributed by atoms with Gasteiger partial charge in [-0.25, -0.2) is 14.6 Å². The average molecular weight is 396 g/mol. The SMILES string of the molecule is CC(C)n1ncnc1-c1cn2c(n1)C(C=N)=C(C=CN1CCNC(=O)C1)OCC2. The Bertz CT molecular complexity index is 984. The number of fused-ring (bicyclic) bond motifs is 1. The lowest BCUT2D eigenvalue weighted by molar-refractivity contribution is -0.123. The minimum absolute atomic E-state index is 0.00149. The molecule has 152 valence electrons. The van der Waals surface area contributed by atoms with Crippen molar-refractivity contribution in [2.24, 2.45) is 0 Å². The Labute approximate surface area is 168 Å². The van der Waals surface area contributed by atoms with Gasteiger partial charge < -0.3 is 24.9 Å². The highest BCUT2D eigenvalue weighted by Crippen LogP contribution is 2.26. The molecule has 0 unspecified atom stereocenters. The minimum atomic E-state index is -0.00149. The zero-order valence-corrected chi connectivity index (χ0v) is 16.5. The van der Waals surface area contributed by atoms with Gasteiger partial charge in [0, 0.05) is 37.7 Å². The first-order chi connectivity index (χ1) is 14.1. The van der Waals surface area contributed by atoms with Gasteiger partial charge >= 0.3 is 0 Å². The molecule has 1 saturated heterocycles. The molecular weight excluding hydrogens is 372 g/mol. The molecule has 4 rings (SSSR count). The highest BCUT2D eigenvalue weighted by molar-refractivity contribution is 6.08. The van der Waals surface area contributed by atoms with Crippen LogP contribution in [0, 0.1) is 5.41 Å². The lowest BCUT2D eigenvalue weighted by Gasteiger charge is -2.25.